The first-order valence-corrected chi connectivity index (χ1v) is 10.3. The van der Waals surface area contributed by atoms with Gasteiger partial charge in [-0.1, -0.05) is 29.5 Å². The van der Waals surface area contributed by atoms with Crippen molar-refractivity contribution in [1.29, 1.82) is 0 Å². The van der Waals surface area contributed by atoms with Gasteiger partial charge in [0.25, 0.3) is 5.91 Å². The van der Waals surface area contributed by atoms with Gasteiger partial charge in [0.2, 0.25) is 5.13 Å². The van der Waals surface area contributed by atoms with Gasteiger partial charge in [-0.25, -0.2) is 4.98 Å². The molecule has 1 amide bonds. The minimum atomic E-state index is -0.244. The first-order chi connectivity index (χ1) is 13.8. The quantitative estimate of drug-likeness (QED) is 0.662. The van der Waals surface area contributed by atoms with Crippen LogP contribution >= 0.6 is 11.3 Å². The number of amides is 1. The second-order valence-corrected chi connectivity index (χ2v) is 7.49. The van der Waals surface area contributed by atoms with Crippen LogP contribution in [0.2, 0.25) is 0 Å². The molecule has 1 aliphatic rings. The molecule has 3 aromatic rings. The van der Waals surface area contributed by atoms with Gasteiger partial charge in [-0.15, -0.1) is 10.2 Å². The molecule has 1 aliphatic heterocycles. The Bertz CT molecular complexity index is 907. The number of hydrogen-bond acceptors (Lipinski definition) is 7. The van der Waals surface area contributed by atoms with E-state index < -0.39 is 0 Å². The molecule has 1 aromatic carbocycles. The number of para-hydroxylation sites is 1. The standard InChI is InChI=1S/C20H22N6OS/c27-19(24-20-25-23-14-28-20)16-8-9-18(22-13-16)21-12-15-6-2-3-7-17(15)26-10-4-1-5-11-26/h2-3,6-9,13-14H,1,4-5,10-12H2,(H,21,22)(H,24,25,27). The Hall–Kier alpha value is -3.00. The fourth-order valence-electron chi connectivity index (χ4n) is 3.32. The number of nitrogens with one attached hydrogen (secondary N) is 2. The average Bonchev–Trinajstić information content (AvgIpc) is 3.26. The summed E-state index contributed by atoms with van der Waals surface area (Å²) in [5.74, 6) is 0.493. The Morgan fingerprint density at radius 1 is 1.11 bits per heavy atom. The normalized spacial score (nSPS) is 13.9. The molecule has 2 aromatic heterocycles. The van der Waals surface area contributed by atoms with E-state index >= 15 is 0 Å². The summed E-state index contributed by atoms with van der Waals surface area (Å²) in [5.41, 5.74) is 4.60. The highest BCUT2D eigenvalue weighted by Gasteiger charge is 2.14. The summed E-state index contributed by atoms with van der Waals surface area (Å²) < 4.78 is 0. The van der Waals surface area contributed by atoms with Gasteiger partial charge in [0.05, 0.1) is 5.56 Å². The monoisotopic (exact) mass is 394 g/mol. The topological polar surface area (TPSA) is 83.0 Å². The maximum atomic E-state index is 12.2. The van der Waals surface area contributed by atoms with Crippen molar-refractivity contribution in [2.24, 2.45) is 0 Å². The van der Waals surface area contributed by atoms with Crippen LogP contribution in [0.15, 0.2) is 48.1 Å². The molecule has 0 saturated carbocycles. The van der Waals surface area contributed by atoms with E-state index in [-0.39, 0.29) is 5.91 Å². The molecule has 0 atom stereocenters. The van der Waals surface area contributed by atoms with Gasteiger partial charge in [-0.05, 0) is 43.0 Å². The molecule has 2 N–H and O–H groups in total. The molecular formula is C20H22N6OS. The number of piperidine rings is 1. The Labute approximate surface area is 167 Å². The lowest BCUT2D eigenvalue weighted by atomic mass is 10.1. The predicted molar refractivity (Wildman–Crippen MR) is 112 cm³/mol. The third-order valence-electron chi connectivity index (χ3n) is 4.75. The lowest BCUT2D eigenvalue weighted by Crippen LogP contribution is -2.30. The fourth-order valence-corrected chi connectivity index (χ4v) is 3.76. The highest BCUT2D eigenvalue weighted by molar-refractivity contribution is 7.13. The van der Waals surface area contributed by atoms with Crippen LogP contribution < -0.4 is 15.5 Å². The number of anilines is 3. The maximum Gasteiger partial charge on any atom is 0.259 e. The van der Waals surface area contributed by atoms with E-state index in [0.717, 1.165) is 18.9 Å². The number of pyridine rings is 1. The van der Waals surface area contributed by atoms with E-state index in [4.69, 9.17) is 0 Å². The first kappa shape index (κ1) is 18.4. The van der Waals surface area contributed by atoms with Gasteiger partial charge in [0, 0.05) is 31.5 Å². The zero-order valence-corrected chi connectivity index (χ0v) is 16.3. The van der Waals surface area contributed by atoms with Crippen LogP contribution in [-0.2, 0) is 6.54 Å². The first-order valence-electron chi connectivity index (χ1n) is 9.40. The molecule has 8 heteroatoms. The summed E-state index contributed by atoms with van der Waals surface area (Å²) in [7, 11) is 0. The third-order valence-corrected chi connectivity index (χ3v) is 5.36. The smallest absolute Gasteiger partial charge is 0.259 e. The van der Waals surface area contributed by atoms with Crippen molar-refractivity contribution in [2.45, 2.75) is 25.8 Å². The van der Waals surface area contributed by atoms with Crippen LogP contribution in [0, 0.1) is 0 Å². The van der Waals surface area contributed by atoms with Crippen LogP contribution in [0.3, 0.4) is 0 Å². The Morgan fingerprint density at radius 3 is 2.71 bits per heavy atom. The van der Waals surface area contributed by atoms with Gasteiger partial charge in [0.1, 0.15) is 11.3 Å². The van der Waals surface area contributed by atoms with Crippen LogP contribution in [0.25, 0.3) is 0 Å². The van der Waals surface area contributed by atoms with Crippen LogP contribution in [0.5, 0.6) is 0 Å². The second-order valence-electron chi connectivity index (χ2n) is 6.66. The van der Waals surface area contributed by atoms with Gasteiger partial charge in [-0.3, -0.25) is 10.1 Å². The van der Waals surface area contributed by atoms with Crippen LogP contribution in [-0.4, -0.2) is 34.2 Å². The Kier molecular flexibility index (Phi) is 5.77. The van der Waals surface area contributed by atoms with E-state index in [1.54, 1.807) is 17.8 Å². The zero-order chi connectivity index (χ0) is 19.2. The minimum Gasteiger partial charge on any atom is -0.371 e. The highest BCUT2D eigenvalue weighted by Crippen LogP contribution is 2.24. The third kappa shape index (κ3) is 4.45. The molecular weight excluding hydrogens is 372 g/mol. The molecule has 1 saturated heterocycles. The van der Waals surface area contributed by atoms with Crippen molar-refractivity contribution in [3.8, 4) is 0 Å². The Balaban J connectivity index is 1.38. The van der Waals surface area contributed by atoms with E-state index in [1.807, 2.05) is 6.07 Å². The summed E-state index contributed by atoms with van der Waals surface area (Å²) in [6.07, 6.45) is 5.39. The number of benzene rings is 1. The van der Waals surface area contributed by atoms with E-state index in [9.17, 15) is 4.79 Å². The Morgan fingerprint density at radius 2 is 1.96 bits per heavy atom. The van der Waals surface area contributed by atoms with Gasteiger partial charge >= 0.3 is 0 Å². The second kappa shape index (κ2) is 8.79. The summed E-state index contributed by atoms with van der Waals surface area (Å²) in [4.78, 5) is 19.0. The fraction of sp³-hybridized carbons (Fsp3) is 0.300. The molecule has 7 nitrogen and oxygen atoms in total. The zero-order valence-electron chi connectivity index (χ0n) is 15.5. The molecule has 0 aliphatic carbocycles. The van der Waals surface area contributed by atoms with Crippen molar-refractivity contribution in [1.82, 2.24) is 15.2 Å². The molecule has 3 heterocycles. The van der Waals surface area contributed by atoms with Crippen molar-refractivity contribution < 1.29 is 4.79 Å². The number of carbonyl (C=O) groups excluding carboxylic acids is 1. The van der Waals surface area contributed by atoms with Gasteiger partial charge in [0.15, 0.2) is 0 Å². The molecule has 4 rings (SSSR count). The molecule has 28 heavy (non-hydrogen) atoms. The lowest BCUT2D eigenvalue weighted by molar-refractivity contribution is 0.102. The molecule has 0 radical (unpaired) electrons. The lowest BCUT2D eigenvalue weighted by Gasteiger charge is -2.30. The van der Waals surface area contributed by atoms with Crippen molar-refractivity contribution in [2.75, 3.05) is 28.6 Å². The largest absolute Gasteiger partial charge is 0.371 e. The van der Waals surface area contributed by atoms with Crippen LogP contribution in [0.4, 0.5) is 16.6 Å². The van der Waals surface area contributed by atoms with Crippen LogP contribution in [0.1, 0.15) is 35.2 Å². The summed E-state index contributed by atoms with van der Waals surface area (Å²) in [6.45, 7) is 2.93. The van der Waals surface area contributed by atoms with E-state index in [2.05, 4.69) is 55.0 Å². The predicted octanol–water partition coefficient (Wildman–Crippen LogP) is 3.79. The summed E-state index contributed by atoms with van der Waals surface area (Å²) >= 11 is 1.28. The average molecular weight is 395 g/mol. The number of nitrogens with zero attached hydrogens (tertiary/aromatic N) is 4. The maximum absolute atomic E-state index is 12.2. The van der Waals surface area contributed by atoms with Crippen molar-refractivity contribution in [3.63, 3.8) is 0 Å². The molecule has 0 bridgehead atoms. The van der Waals surface area contributed by atoms with Gasteiger partial charge in [-0.2, -0.15) is 0 Å². The summed E-state index contributed by atoms with van der Waals surface area (Å²) in [5, 5.41) is 14.0. The molecule has 144 valence electrons. The summed E-state index contributed by atoms with van der Waals surface area (Å²) in [6, 6.07) is 12.1. The minimum absolute atomic E-state index is 0.244. The van der Waals surface area contributed by atoms with Crippen molar-refractivity contribution >= 4 is 33.9 Å². The highest BCUT2D eigenvalue weighted by atomic mass is 32.1. The molecule has 0 spiro atoms. The number of aromatic nitrogens is 3. The van der Waals surface area contributed by atoms with E-state index in [0.29, 0.717) is 17.2 Å². The van der Waals surface area contributed by atoms with Gasteiger partial charge < -0.3 is 10.2 Å². The molecule has 0 unspecified atom stereocenters. The number of carbonyl (C=O) groups is 1. The van der Waals surface area contributed by atoms with E-state index in [1.165, 1.54) is 41.9 Å². The molecule has 1 fully saturated rings. The number of rotatable bonds is 6. The van der Waals surface area contributed by atoms with Crippen molar-refractivity contribution in [3.05, 3.63) is 59.2 Å². The number of hydrogen-bond donors (Lipinski definition) is 2. The SMILES string of the molecule is O=C(Nc1nncs1)c1ccc(NCc2ccccc2N2CCCCC2)nc1.